The number of nitrogens with one attached hydrogen (secondary N) is 2. The number of ether oxygens (including phenoxy) is 1. The van der Waals surface area contributed by atoms with Crippen LogP contribution in [0.4, 0.5) is 5.69 Å². The van der Waals surface area contributed by atoms with E-state index in [1.165, 1.54) is 22.3 Å². The Labute approximate surface area is 149 Å². The molecule has 2 aromatic rings. The van der Waals surface area contributed by atoms with Crippen molar-refractivity contribution in [1.29, 1.82) is 0 Å². The highest BCUT2D eigenvalue weighted by Gasteiger charge is 2.21. The number of benzene rings is 2. The average Bonchev–Trinajstić information content (AvgIpc) is 2.57. The second kappa shape index (κ2) is 7.22. The molecule has 3 rings (SSSR count). The van der Waals surface area contributed by atoms with Crippen molar-refractivity contribution in [3.05, 3.63) is 58.7 Å². The largest absolute Gasteiger partial charge is 0.497 e. The fourth-order valence-corrected chi connectivity index (χ4v) is 3.59. The summed E-state index contributed by atoms with van der Waals surface area (Å²) >= 11 is 5.54. The maximum Gasteiger partial charge on any atom is 0.171 e. The summed E-state index contributed by atoms with van der Waals surface area (Å²) in [6.07, 6.45) is 3.35. The van der Waals surface area contributed by atoms with Crippen LogP contribution >= 0.6 is 12.2 Å². The smallest absolute Gasteiger partial charge is 0.171 e. The molecule has 2 aromatic carbocycles. The SMILES string of the molecule is COc1ccc2c(c1)CCCC2NC(=S)Nc1ccc(C)cc1C. The molecule has 126 valence electrons. The van der Waals surface area contributed by atoms with Crippen molar-refractivity contribution in [2.24, 2.45) is 0 Å². The Hall–Kier alpha value is -2.07. The quantitative estimate of drug-likeness (QED) is 0.795. The minimum absolute atomic E-state index is 0.255. The zero-order valence-electron chi connectivity index (χ0n) is 14.5. The van der Waals surface area contributed by atoms with Crippen LogP contribution in [0.15, 0.2) is 36.4 Å². The van der Waals surface area contributed by atoms with Gasteiger partial charge in [0.25, 0.3) is 0 Å². The molecule has 24 heavy (non-hydrogen) atoms. The van der Waals surface area contributed by atoms with Crippen LogP contribution in [0.25, 0.3) is 0 Å². The molecule has 0 saturated heterocycles. The summed E-state index contributed by atoms with van der Waals surface area (Å²) in [5.74, 6) is 0.922. The molecule has 2 N–H and O–H groups in total. The van der Waals surface area contributed by atoms with Crippen LogP contribution in [-0.4, -0.2) is 12.2 Å². The van der Waals surface area contributed by atoms with E-state index in [0.29, 0.717) is 5.11 Å². The van der Waals surface area contributed by atoms with Gasteiger partial charge in [-0.3, -0.25) is 0 Å². The van der Waals surface area contributed by atoms with Crippen molar-refractivity contribution in [2.75, 3.05) is 12.4 Å². The molecule has 0 fully saturated rings. The first kappa shape index (κ1) is 16.8. The van der Waals surface area contributed by atoms with Crippen LogP contribution in [-0.2, 0) is 6.42 Å². The van der Waals surface area contributed by atoms with Gasteiger partial charge in [0.1, 0.15) is 5.75 Å². The van der Waals surface area contributed by atoms with E-state index in [0.717, 1.165) is 30.7 Å². The summed E-state index contributed by atoms with van der Waals surface area (Å²) in [6.45, 7) is 4.20. The molecule has 0 amide bonds. The van der Waals surface area contributed by atoms with Gasteiger partial charge in [-0.1, -0.05) is 23.8 Å². The monoisotopic (exact) mass is 340 g/mol. The summed E-state index contributed by atoms with van der Waals surface area (Å²) in [7, 11) is 1.71. The van der Waals surface area contributed by atoms with E-state index in [-0.39, 0.29) is 6.04 Å². The molecule has 0 aliphatic heterocycles. The molecule has 0 bridgehead atoms. The Morgan fingerprint density at radius 2 is 2.00 bits per heavy atom. The Morgan fingerprint density at radius 3 is 2.75 bits per heavy atom. The molecule has 1 atom stereocenters. The third kappa shape index (κ3) is 3.70. The summed E-state index contributed by atoms with van der Waals surface area (Å²) < 4.78 is 5.34. The maximum absolute atomic E-state index is 5.54. The highest BCUT2D eigenvalue weighted by molar-refractivity contribution is 7.80. The van der Waals surface area contributed by atoms with Crippen molar-refractivity contribution < 1.29 is 4.74 Å². The first-order valence-corrected chi connectivity index (χ1v) is 8.79. The molecule has 0 spiro atoms. The van der Waals surface area contributed by atoms with Gasteiger partial charge in [-0.2, -0.15) is 0 Å². The van der Waals surface area contributed by atoms with Crippen molar-refractivity contribution in [2.45, 2.75) is 39.2 Å². The van der Waals surface area contributed by atoms with Gasteiger partial charge < -0.3 is 15.4 Å². The standard InChI is InChI=1S/C20H24N2OS/c1-13-7-10-18(14(2)11-13)21-20(24)22-19-6-4-5-15-12-16(23-3)8-9-17(15)19/h7-12,19H,4-6H2,1-3H3,(H2,21,22,24). The summed E-state index contributed by atoms with van der Waals surface area (Å²) in [5, 5.41) is 7.49. The molecule has 3 nitrogen and oxygen atoms in total. The first-order chi connectivity index (χ1) is 11.6. The number of anilines is 1. The van der Waals surface area contributed by atoms with Gasteiger partial charge in [-0.05, 0) is 80.2 Å². The third-order valence-electron chi connectivity index (χ3n) is 4.60. The number of hydrogen-bond donors (Lipinski definition) is 2. The summed E-state index contributed by atoms with van der Waals surface area (Å²) in [4.78, 5) is 0. The van der Waals surface area contributed by atoms with Crippen LogP contribution in [0.5, 0.6) is 5.75 Å². The lowest BCUT2D eigenvalue weighted by molar-refractivity contribution is 0.412. The highest BCUT2D eigenvalue weighted by atomic mass is 32.1. The topological polar surface area (TPSA) is 33.3 Å². The van der Waals surface area contributed by atoms with Gasteiger partial charge in [0.2, 0.25) is 0 Å². The van der Waals surface area contributed by atoms with Crippen molar-refractivity contribution in [1.82, 2.24) is 5.32 Å². The normalized spacial score (nSPS) is 16.2. The Bertz CT molecular complexity index is 757. The van der Waals surface area contributed by atoms with Crippen LogP contribution in [0.1, 0.15) is 41.1 Å². The van der Waals surface area contributed by atoms with Gasteiger partial charge in [-0.25, -0.2) is 0 Å². The van der Waals surface area contributed by atoms with Gasteiger partial charge >= 0.3 is 0 Å². The molecule has 0 heterocycles. The van der Waals surface area contributed by atoms with Crippen LogP contribution in [0, 0.1) is 13.8 Å². The lowest BCUT2D eigenvalue weighted by Gasteiger charge is -2.28. The molecule has 1 unspecified atom stereocenters. The minimum atomic E-state index is 0.255. The van der Waals surface area contributed by atoms with E-state index in [1.807, 2.05) is 6.07 Å². The number of hydrogen-bond acceptors (Lipinski definition) is 2. The van der Waals surface area contributed by atoms with Gasteiger partial charge in [0.15, 0.2) is 5.11 Å². The predicted molar refractivity (Wildman–Crippen MR) is 104 cm³/mol. The van der Waals surface area contributed by atoms with E-state index in [1.54, 1.807) is 7.11 Å². The molecule has 1 aliphatic carbocycles. The van der Waals surface area contributed by atoms with Crippen molar-refractivity contribution in [3.8, 4) is 5.75 Å². The second-order valence-electron chi connectivity index (χ2n) is 6.43. The fraction of sp³-hybridized carbons (Fsp3) is 0.350. The lowest BCUT2D eigenvalue weighted by atomic mass is 9.87. The zero-order chi connectivity index (χ0) is 17.1. The number of aryl methyl sites for hydroxylation is 3. The van der Waals surface area contributed by atoms with E-state index in [4.69, 9.17) is 17.0 Å². The Kier molecular flexibility index (Phi) is 5.05. The van der Waals surface area contributed by atoms with Gasteiger partial charge in [-0.15, -0.1) is 0 Å². The second-order valence-corrected chi connectivity index (χ2v) is 6.83. The van der Waals surface area contributed by atoms with E-state index in [9.17, 15) is 0 Å². The fourth-order valence-electron chi connectivity index (χ4n) is 3.34. The van der Waals surface area contributed by atoms with Gasteiger partial charge in [0.05, 0.1) is 13.2 Å². The number of thiocarbonyl (C=S) groups is 1. The molecular formula is C20H24N2OS. The molecule has 0 radical (unpaired) electrons. The number of fused-ring (bicyclic) bond motifs is 1. The Balaban J connectivity index is 1.71. The summed E-state index contributed by atoms with van der Waals surface area (Å²) in [6, 6.07) is 12.9. The summed E-state index contributed by atoms with van der Waals surface area (Å²) in [5.41, 5.74) is 6.20. The van der Waals surface area contributed by atoms with Crippen LogP contribution in [0.3, 0.4) is 0 Å². The van der Waals surface area contributed by atoms with E-state index in [2.05, 4.69) is 54.8 Å². The van der Waals surface area contributed by atoms with Gasteiger partial charge in [0, 0.05) is 5.69 Å². The van der Waals surface area contributed by atoms with Crippen molar-refractivity contribution in [3.63, 3.8) is 0 Å². The van der Waals surface area contributed by atoms with Crippen LogP contribution < -0.4 is 15.4 Å². The molecule has 4 heteroatoms. The Morgan fingerprint density at radius 1 is 1.17 bits per heavy atom. The average molecular weight is 340 g/mol. The zero-order valence-corrected chi connectivity index (χ0v) is 15.3. The molecular weight excluding hydrogens is 316 g/mol. The highest BCUT2D eigenvalue weighted by Crippen LogP contribution is 2.32. The molecule has 0 saturated carbocycles. The third-order valence-corrected chi connectivity index (χ3v) is 4.82. The van der Waals surface area contributed by atoms with Crippen LogP contribution in [0.2, 0.25) is 0 Å². The predicted octanol–water partition coefficient (Wildman–Crippen LogP) is 4.68. The molecule has 0 aromatic heterocycles. The first-order valence-electron chi connectivity index (χ1n) is 8.38. The van der Waals surface area contributed by atoms with Crippen molar-refractivity contribution >= 4 is 23.0 Å². The number of rotatable bonds is 3. The maximum atomic E-state index is 5.54. The molecule has 1 aliphatic rings. The van der Waals surface area contributed by atoms with E-state index >= 15 is 0 Å². The lowest BCUT2D eigenvalue weighted by Crippen LogP contribution is -2.34. The minimum Gasteiger partial charge on any atom is -0.497 e. The number of methoxy groups -OCH3 is 1. The van der Waals surface area contributed by atoms with E-state index < -0.39 is 0 Å².